The van der Waals surface area contributed by atoms with E-state index in [1.165, 1.54) is 14.2 Å². The van der Waals surface area contributed by atoms with Crippen LogP contribution < -0.4 is 5.32 Å². The fourth-order valence-electron chi connectivity index (χ4n) is 2.07. The maximum atomic E-state index is 12.2. The molecular weight excluding hydrogens is 276 g/mol. The number of alkyl carbamates (subject to hydrolysis) is 1. The summed E-state index contributed by atoms with van der Waals surface area (Å²) in [6.07, 6.45) is 1.61. The van der Waals surface area contributed by atoms with Crippen molar-refractivity contribution in [1.29, 1.82) is 0 Å². The number of amides is 2. The van der Waals surface area contributed by atoms with Crippen molar-refractivity contribution >= 4 is 12.0 Å². The highest BCUT2D eigenvalue weighted by atomic mass is 16.7. The number of hydroxylamine groups is 2. The first kappa shape index (κ1) is 17.7. The number of hydrogen-bond donors (Lipinski definition) is 1. The third-order valence-electron chi connectivity index (χ3n) is 3.10. The van der Waals surface area contributed by atoms with Gasteiger partial charge in [-0.3, -0.25) is 9.63 Å². The van der Waals surface area contributed by atoms with E-state index in [-0.39, 0.29) is 12.0 Å². The highest BCUT2D eigenvalue weighted by molar-refractivity contribution is 5.84. The minimum absolute atomic E-state index is 0.0286. The van der Waals surface area contributed by atoms with Crippen LogP contribution in [0.1, 0.15) is 40.0 Å². The Morgan fingerprint density at radius 2 is 2.10 bits per heavy atom. The van der Waals surface area contributed by atoms with Gasteiger partial charge in [0.2, 0.25) is 0 Å². The quantitative estimate of drug-likeness (QED) is 0.778. The fourth-order valence-corrected chi connectivity index (χ4v) is 2.07. The van der Waals surface area contributed by atoms with Crippen LogP contribution in [-0.2, 0) is 19.1 Å². The lowest BCUT2D eigenvalue weighted by Gasteiger charge is -2.26. The van der Waals surface area contributed by atoms with Crippen LogP contribution >= 0.6 is 0 Å². The molecule has 1 heterocycles. The highest BCUT2D eigenvalue weighted by Crippen LogP contribution is 2.18. The number of hydrogen-bond acceptors (Lipinski definition) is 5. The molecule has 1 aliphatic heterocycles. The van der Waals surface area contributed by atoms with E-state index in [1.807, 2.05) is 0 Å². The zero-order valence-electron chi connectivity index (χ0n) is 13.5. The molecule has 7 heteroatoms. The van der Waals surface area contributed by atoms with Gasteiger partial charge in [-0.1, -0.05) is 0 Å². The SMILES string of the molecule is CON(C)C(=O)[C@H](CC1CCCO1)NC(=O)OC(C)(C)C. The van der Waals surface area contributed by atoms with E-state index in [1.54, 1.807) is 20.8 Å². The van der Waals surface area contributed by atoms with Crippen LogP contribution in [0.5, 0.6) is 0 Å². The Morgan fingerprint density at radius 1 is 1.43 bits per heavy atom. The Balaban J connectivity index is 2.66. The standard InChI is InChI=1S/C14H26N2O5/c1-14(2,3)21-13(18)15-11(12(17)16(4)19-5)9-10-7-6-8-20-10/h10-11H,6-9H2,1-5H3,(H,15,18)/t10?,11-/m0/s1. The first-order chi connectivity index (χ1) is 9.73. The van der Waals surface area contributed by atoms with Gasteiger partial charge in [0.15, 0.2) is 0 Å². The minimum Gasteiger partial charge on any atom is -0.444 e. The maximum absolute atomic E-state index is 12.2. The molecule has 0 aromatic carbocycles. The fraction of sp³-hybridized carbons (Fsp3) is 0.857. The average Bonchev–Trinajstić information content (AvgIpc) is 2.86. The lowest BCUT2D eigenvalue weighted by Crippen LogP contribution is -2.49. The lowest BCUT2D eigenvalue weighted by atomic mass is 10.1. The summed E-state index contributed by atoms with van der Waals surface area (Å²) < 4.78 is 10.7. The Morgan fingerprint density at radius 3 is 2.57 bits per heavy atom. The molecule has 1 rings (SSSR count). The van der Waals surface area contributed by atoms with Crippen molar-refractivity contribution in [2.45, 2.75) is 57.8 Å². The molecular formula is C14H26N2O5. The first-order valence-electron chi connectivity index (χ1n) is 7.15. The Bertz CT molecular complexity index is 361. The van der Waals surface area contributed by atoms with Gasteiger partial charge in [-0.05, 0) is 33.6 Å². The number of nitrogens with one attached hydrogen (secondary N) is 1. The predicted octanol–water partition coefficient (Wildman–Crippen LogP) is 1.47. The van der Waals surface area contributed by atoms with Crippen LogP contribution in [0, 0.1) is 0 Å². The third kappa shape index (κ3) is 6.31. The van der Waals surface area contributed by atoms with Gasteiger partial charge >= 0.3 is 6.09 Å². The molecule has 0 saturated carbocycles. The second-order valence-electron chi connectivity index (χ2n) is 6.09. The summed E-state index contributed by atoms with van der Waals surface area (Å²) in [4.78, 5) is 29.0. The van der Waals surface area contributed by atoms with Gasteiger partial charge in [-0.2, -0.15) is 0 Å². The van der Waals surface area contributed by atoms with E-state index in [0.717, 1.165) is 17.9 Å². The van der Waals surface area contributed by atoms with Crippen molar-refractivity contribution < 1.29 is 23.9 Å². The second kappa shape index (κ2) is 7.61. The van der Waals surface area contributed by atoms with Crippen molar-refractivity contribution in [3.63, 3.8) is 0 Å². The molecule has 0 aromatic rings. The first-order valence-corrected chi connectivity index (χ1v) is 7.15. The highest BCUT2D eigenvalue weighted by Gasteiger charge is 2.30. The zero-order chi connectivity index (χ0) is 16.0. The summed E-state index contributed by atoms with van der Waals surface area (Å²) in [6.45, 7) is 6.00. The molecule has 1 fully saturated rings. The van der Waals surface area contributed by atoms with Crippen LogP contribution in [0.4, 0.5) is 4.79 Å². The van der Waals surface area contributed by atoms with E-state index >= 15 is 0 Å². The maximum Gasteiger partial charge on any atom is 0.408 e. The summed E-state index contributed by atoms with van der Waals surface area (Å²) in [6, 6.07) is -0.729. The number of nitrogens with zero attached hydrogens (tertiary/aromatic N) is 1. The van der Waals surface area contributed by atoms with Gasteiger partial charge in [0.1, 0.15) is 11.6 Å². The van der Waals surface area contributed by atoms with Crippen molar-refractivity contribution in [1.82, 2.24) is 10.4 Å². The monoisotopic (exact) mass is 302 g/mol. The van der Waals surface area contributed by atoms with Crippen molar-refractivity contribution in [2.75, 3.05) is 20.8 Å². The van der Waals surface area contributed by atoms with Crippen LogP contribution in [0.3, 0.4) is 0 Å². The minimum atomic E-state index is -0.729. The van der Waals surface area contributed by atoms with E-state index in [2.05, 4.69) is 5.32 Å². The molecule has 0 aromatic heterocycles. The molecule has 122 valence electrons. The zero-order valence-corrected chi connectivity index (χ0v) is 13.5. The summed E-state index contributed by atoms with van der Waals surface area (Å²) in [7, 11) is 2.90. The Hall–Kier alpha value is -1.34. The van der Waals surface area contributed by atoms with E-state index in [4.69, 9.17) is 14.3 Å². The number of carbonyl (C=O) groups is 2. The van der Waals surface area contributed by atoms with Crippen molar-refractivity contribution in [3.05, 3.63) is 0 Å². The van der Waals surface area contributed by atoms with Crippen LogP contribution in [0.15, 0.2) is 0 Å². The second-order valence-corrected chi connectivity index (χ2v) is 6.09. The number of carbonyl (C=O) groups excluding carboxylic acids is 2. The molecule has 21 heavy (non-hydrogen) atoms. The van der Waals surface area contributed by atoms with Crippen LogP contribution in [0.2, 0.25) is 0 Å². The molecule has 0 aliphatic carbocycles. The Kier molecular flexibility index (Phi) is 6.42. The van der Waals surface area contributed by atoms with Gasteiger partial charge in [-0.15, -0.1) is 0 Å². The van der Waals surface area contributed by atoms with E-state index in [0.29, 0.717) is 13.0 Å². The van der Waals surface area contributed by atoms with Gasteiger partial charge < -0.3 is 14.8 Å². The summed E-state index contributed by atoms with van der Waals surface area (Å²) in [5.74, 6) is -0.334. The molecule has 1 unspecified atom stereocenters. The predicted molar refractivity (Wildman–Crippen MR) is 76.5 cm³/mol. The van der Waals surface area contributed by atoms with Crippen molar-refractivity contribution in [2.24, 2.45) is 0 Å². The van der Waals surface area contributed by atoms with Crippen LogP contribution in [-0.4, -0.2) is 55.6 Å². The summed E-state index contributed by atoms with van der Waals surface area (Å²) in [5.41, 5.74) is -0.616. The van der Waals surface area contributed by atoms with E-state index < -0.39 is 17.7 Å². The topological polar surface area (TPSA) is 77.1 Å². The molecule has 0 spiro atoms. The average molecular weight is 302 g/mol. The number of likely N-dealkylation sites (N-methyl/N-ethyl adjacent to an activating group) is 1. The molecule has 1 saturated heterocycles. The molecule has 7 nitrogen and oxygen atoms in total. The summed E-state index contributed by atoms with van der Waals surface area (Å²) >= 11 is 0. The van der Waals surface area contributed by atoms with E-state index in [9.17, 15) is 9.59 Å². The van der Waals surface area contributed by atoms with Crippen molar-refractivity contribution in [3.8, 4) is 0 Å². The Labute approximate surface area is 125 Å². The third-order valence-corrected chi connectivity index (χ3v) is 3.10. The van der Waals surface area contributed by atoms with Gasteiger partial charge in [0.25, 0.3) is 5.91 Å². The molecule has 1 aliphatic rings. The number of rotatable bonds is 5. The van der Waals surface area contributed by atoms with Gasteiger partial charge in [-0.25, -0.2) is 9.86 Å². The van der Waals surface area contributed by atoms with Gasteiger partial charge in [0.05, 0.1) is 13.2 Å². The smallest absolute Gasteiger partial charge is 0.408 e. The molecule has 0 bridgehead atoms. The molecule has 1 N–H and O–H groups in total. The molecule has 0 radical (unpaired) electrons. The normalized spacial score (nSPS) is 20.0. The summed E-state index contributed by atoms with van der Waals surface area (Å²) in [5, 5.41) is 3.70. The van der Waals surface area contributed by atoms with Gasteiger partial charge in [0, 0.05) is 20.1 Å². The molecule has 2 amide bonds. The number of ether oxygens (including phenoxy) is 2. The largest absolute Gasteiger partial charge is 0.444 e. The van der Waals surface area contributed by atoms with Crippen LogP contribution in [0.25, 0.3) is 0 Å². The molecule has 2 atom stereocenters. The lowest BCUT2D eigenvalue weighted by molar-refractivity contribution is -0.171.